The number of carbonyl (C=O) groups excluding carboxylic acids is 1. The first-order valence-corrected chi connectivity index (χ1v) is 7.97. The van der Waals surface area contributed by atoms with Crippen molar-refractivity contribution >= 4 is 6.03 Å². The van der Waals surface area contributed by atoms with Gasteiger partial charge in [-0.2, -0.15) is 0 Å². The number of amides is 2. The summed E-state index contributed by atoms with van der Waals surface area (Å²) in [6.45, 7) is 1.60. The quantitative estimate of drug-likeness (QED) is 0.913. The SMILES string of the molecule is CNC(=O)N1CCC(C2CCc3cc(F)c(OC)cc32)CC1. The van der Waals surface area contributed by atoms with Crippen molar-refractivity contribution in [1.29, 1.82) is 0 Å². The number of aryl methyl sites for hydroxylation is 1. The summed E-state index contributed by atoms with van der Waals surface area (Å²) < 4.78 is 19.0. The van der Waals surface area contributed by atoms with Crippen LogP contribution in [0.1, 0.15) is 36.3 Å². The van der Waals surface area contributed by atoms with E-state index in [1.807, 2.05) is 11.0 Å². The molecule has 120 valence electrons. The molecule has 1 aromatic rings. The van der Waals surface area contributed by atoms with Crippen LogP contribution in [0.25, 0.3) is 0 Å². The fourth-order valence-corrected chi connectivity index (χ4v) is 3.95. The van der Waals surface area contributed by atoms with E-state index in [0.717, 1.165) is 44.3 Å². The second-order valence-electron chi connectivity index (χ2n) is 6.21. The van der Waals surface area contributed by atoms with Crippen molar-refractivity contribution in [2.45, 2.75) is 31.6 Å². The molecule has 0 saturated carbocycles. The molecule has 1 aliphatic heterocycles. The van der Waals surface area contributed by atoms with Gasteiger partial charge in [0, 0.05) is 20.1 Å². The Hall–Kier alpha value is -1.78. The monoisotopic (exact) mass is 306 g/mol. The van der Waals surface area contributed by atoms with Gasteiger partial charge in [0.2, 0.25) is 0 Å². The van der Waals surface area contributed by atoms with Gasteiger partial charge in [0.25, 0.3) is 0 Å². The number of rotatable bonds is 2. The van der Waals surface area contributed by atoms with Gasteiger partial charge in [0.15, 0.2) is 11.6 Å². The van der Waals surface area contributed by atoms with Crippen LogP contribution in [0, 0.1) is 11.7 Å². The summed E-state index contributed by atoms with van der Waals surface area (Å²) in [6, 6.07) is 3.52. The lowest BCUT2D eigenvalue weighted by Crippen LogP contribution is -2.43. The van der Waals surface area contributed by atoms with E-state index in [0.29, 0.717) is 17.6 Å². The molecule has 0 aromatic heterocycles. The Morgan fingerprint density at radius 2 is 2.05 bits per heavy atom. The van der Waals surface area contributed by atoms with Crippen molar-refractivity contribution in [2.75, 3.05) is 27.2 Å². The molecule has 1 aromatic carbocycles. The normalized spacial score (nSPS) is 21.6. The molecule has 1 fully saturated rings. The molecule has 1 aliphatic carbocycles. The van der Waals surface area contributed by atoms with Crippen LogP contribution in [-0.4, -0.2) is 38.2 Å². The first kappa shape index (κ1) is 15.1. The minimum absolute atomic E-state index is 0.00834. The van der Waals surface area contributed by atoms with Gasteiger partial charge in [-0.25, -0.2) is 9.18 Å². The Morgan fingerprint density at radius 3 is 2.68 bits per heavy atom. The fourth-order valence-electron chi connectivity index (χ4n) is 3.95. The first-order chi connectivity index (χ1) is 10.6. The highest BCUT2D eigenvalue weighted by Gasteiger charge is 2.34. The predicted molar refractivity (Wildman–Crippen MR) is 82.8 cm³/mol. The number of nitrogens with zero attached hydrogens (tertiary/aromatic N) is 1. The molecule has 0 radical (unpaired) electrons. The average Bonchev–Trinajstić information content (AvgIpc) is 2.96. The number of hydrogen-bond acceptors (Lipinski definition) is 2. The van der Waals surface area contributed by atoms with E-state index >= 15 is 0 Å². The van der Waals surface area contributed by atoms with E-state index in [-0.39, 0.29) is 11.8 Å². The Balaban J connectivity index is 1.73. The molecule has 1 heterocycles. The van der Waals surface area contributed by atoms with Gasteiger partial charge in [0.1, 0.15) is 0 Å². The summed E-state index contributed by atoms with van der Waals surface area (Å²) in [5.41, 5.74) is 2.37. The predicted octanol–water partition coefficient (Wildman–Crippen LogP) is 2.92. The smallest absolute Gasteiger partial charge is 0.317 e. The Kier molecular flexibility index (Phi) is 4.23. The zero-order valence-electron chi connectivity index (χ0n) is 13.2. The summed E-state index contributed by atoms with van der Waals surface area (Å²) in [7, 11) is 3.18. The number of likely N-dealkylation sites (tertiary alicyclic amines) is 1. The van der Waals surface area contributed by atoms with Gasteiger partial charge in [-0.15, -0.1) is 0 Å². The van der Waals surface area contributed by atoms with Gasteiger partial charge in [-0.05, 0) is 60.8 Å². The summed E-state index contributed by atoms with van der Waals surface area (Å²) in [4.78, 5) is 13.5. The van der Waals surface area contributed by atoms with Crippen LogP contribution >= 0.6 is 0 Å². The van der Waals surface area contributed by atoms with Crippen LogP contribution < -0.4 is 10.1 Å². The summed E-state index contributed by atoms with van der Waals surface area (Å²) in [5.74, 6) is 1.11. The molecule has 1 N–H and O–H groups in total. The summed E-state index contributed by atoms with van der Waals surface area (Å²) >= 11 is 0. The second-order valence-corrected chi connectivity index (χ2v) is 6.21. The van der Waals surface area contributed by atoms with Crippen LogP contribution in [0.15, 0.2) is 12.1 Å². The van der Waals surface area contributed by atoms with E-state index in [2.05, 4.69) is 5.32 Å². The van der Waals surface area contributed by atoms with Crippen LogP contribution in [0.5, 0.6) is 5.75 Å². The van der Waals surface area contributed by atoms with Crippen LogP contribution in [0.4, 0.5) is 9.18 Å². The lowest BCUT2D eigenvalue weighted by molar-refractivity contribution is 0.164. The molecule has 2 amide bonds. The van der Waals surface area contributed by atoms with E-state index in [1.54, 1.807) is 13.1 Å². The summed E-state index contributed by atoms with van der Waals surface area (Å²) in [6.07, 6.45) is 4.04. The topological polar surface area (TPSA) is 41.6 Å². The van der Waals surface area contributed by atoms with Crippen molar-refractivity contribution in [3.63, 3.8) is 0 Å². The molecule has 2 aliphatic rings. The number of methoxy groups -OCH3 is 1. The highest BCUT2D eigenvalue weighted by atomic mass is 19.1. The summed E-state index contributed by atoms with van der Waals surface area (Å²) in [5, 5.41) is 2.68. The number of carbonyl (C=O) groups is 1. The number of nitrogens with one attached hydrogen (secondary N) is 1. The third kappa shape index (κ3) is 2.64. The average molecular weight is 306 g/mol. The zero-order chi connectivity index (χ0) is 15.7. The molecule has 1 unspecified atom stereocenters. The maximum absolute atomic E-state index is 13.8. The minimum Gasteiger partial charge on any atom is -0.494 e. The van der Waals surface area contributed by atoms with E-state index in [4.69, 9.17) is 4.74 Å². The number of piperidine rings is 1. The Labute approximate surface area is 130 Å². The number of halogens is 1. The molecule has 1 saturated heterocycles. The van der Waals surface area contributed by atoms with Gasteiger partial charge in [0.05, 0.1) is 7.11 Å². The van der Waals surface area contributed by atoms with Crippen LogP contribution in [0.2, 0.25) is 0 Å². The molecule has 3 rings (SSSR count). The molecule has 0 spiro atoms. The lowest BCUT2D eigenvalue weighted by atomic mass is 9.81. The zero-order valence-corrected chi connectivity index (χ0v) is 13.2. The Bertz CT molecular complexity index is 568. The second kappa shape index (κ2) is 6.15. The fraction of sp³-hybridized carbons (Fsp3) is 0.588. The number of benzene rings is 1. The van der Waals surface area contributed by atoms with E-state index in [1.165, 1.54) is 12.7 Å². The maximum atomic E-state index is 13.8. The molecule has 4 nitrogen and oxygen atoms in total. The van der Waals surface area contributed by atoms with E-state index in [9.17, 15) is 9.18 Å². The van der Waals surface area contributed by atoms with Gasteiger partial charge in [-0.1, -0.05) is 0 Å². The van der Waals surface area contributed by atoms with Crippen molar-refractivity contribution in [3.05, 3.63) is 29.1 Å². The third-order valence-corrected chi connectivity index (χ3v) is 5.15. The van der Waals surface area contributed by atoms with Crippen molar-refractivity contribution < 1.29 is 13.9 Å². The molecular weight excluding hydrogens is 283 g/mol. The van der Waals surface area contributed by atoms with Gasteiger partial charge in [-0.3, -0.25) is 0 Å². The number of urea groups is 1. The largest absolute Gasteiger partial charge is 0.494 e. The lowest BCUT2D eigenvalue weighted by Gasteiger charge is -2.35. The first-order valence-electron chi connectivity index (χ1n) is 7.97. The standard InChI is InChI=1S/C17H23FN2O2/c1-19-17(21)20-7-5-11(6-8-20)13-4-3-12-9-15(18)16(22-2)10-14(12)13/h9-11,13H,3-8H2,1-2H3,(H,19,21). The molecule has 5 heteroatoms. The molecule has 0 bridgehead atoms. The molecule has 22 heavy (non-hydrogen) atoms. The van der Waals surface area contributed by atoms with Gasteiger partial charge < -0.3 is 15.0 Å². The minimum atomic E-state index is -0.267. The maximum Gasteiger partial charge on any atom is 0.317 e. The number of ether oxygens (including phenoxy) is 1. The number of fused-ring (bicyclic) bond motifs is 1. The van der Waals surface area contributed by atoms with Crippen molar-refractivity contribution in [1.82, 2.24) is 10.2 Å². The van der Waals surface area contributed by atoms with Crippen molar-refractivity contribution in [3.8, 4) is 5.75 Å². The number of hydrogen-bond donors (Lipinski definition) is 1. The van der Waals surface area contributed by atoms with Gasteiger partial charge >= 0.3 is 6.03 Å². The van der Waals surface area contributed by atoms with Crippen LogP contribution in [-0.2, 0) is 6.42 Å². The highest BCUT2D eigenvalue weighted by Crippen LogP contribution is 2.44. The Morgan fingerprint density at radius 1 is 1.32 bits per heavy atom. The third-order valence-electron chi connectivity index (χ3n) is 5.15. The van der Waals surface area contributed by atoms with Crippen LogP contribution in [0.3, 0.4) is 0 Å². The molecule has 1 atom stereocenters. The van der Waals surface area contributed by atoms with E-state index < -0.39 is 0 Å². The van der Waals surface area contributed by atoms with Crippen molar-refractivity contribution in [2.24, 2.45) is 5.92 Å². The molecular formula is C17H23FN2O2. The highest BCUT2D eigenvalue weighted by molar-refractivity contribution is 5.73.